The van der Waals surface area contributed by atoms with Crippen molar-refractivity contribution in [1.82, 2.24) is 4.98 Å². The predicted molar refractivity (Wildman–Crippen MR) is 87.3 cm³/mol. The molecule has 0 radical (unpaired) electrons. The summed E-state index contributed by atoms with van der Waals surface area (Å²) in [5.41, 5.74) is 0.906. The zero-order valence-corrected chi connectivity index (χ0v) is 13.6. The molecular weight excluding hydrogens is 391 g/mol. The number of anilines is 1. The molecule has 20 heavy (non-hydrogen) atoms. The van der Waals surface area contributed by atoms with Crippen molar-refractivity contribution in [2.75, 3.05) is 11.9 Å². The Balaban J connectivity index is 1.94. The monoisotopic (exact) mass is 402 g/mol. The second-order valence-electron chi connectivity index (χ2n) is 4.09. The van der Waals surface area contributed by atoms with Gasteiger partial charge in [-0.2, -0.15) is 0 Å². The van der Waals surface area contributed by atoms with Crippen molar-refractivity contribution in [2.45, 2.75) is 6.92 Å². The first-order chi connectivity index (χ1) is 9.56. The average Bonchev–Trinajstić information content (AvgIpc) is 2.41. The van der Waals surface area contributed by atoms with E-state index < -0.39 is 0 Å². The number of rotatable bonds is 4. The van der Waals surface area contributed by atoms with E-state index in [2.05, 4.69) is 32.9 Å². The Morgan fingerprint density at radius 3 is 2.90 bits per heavy atom. The van der Waals surface area contributed by atoms with Gasteiger partial charge in [0.25, 0.3) is 5.91 Å². The molecule has 4 nitrogen and oxygen atoms in total. The summed E-state index contributed by atoms with van der Waals surface area (Å²) >= 11 is 8.11. The van der Waals surface area contributed by atoms with E-state index in [-0.39, 0.29) is 12.5 Å². The molecule has 1 heterocycles. The molecule has 0 aliphatic heterocycles. The molecule has 6 heteroatoms. The zero-order chi connectivity index (χ0) is 14.5. The third kappa shape index (κ3) is 4.08. The number of pyridine rings is 1. The topological polar surface area (TPSA) is 51.2 Å². The molecule has 0 aliphatic carbocycles. The minimum atomic E-state index is -0.276. The highest BCUT2D eigenvalue weighted by molar-refractivity contribution is 14.1. The van der Waals surface area contributed by atoms with E-state index in [0.29, 0.717) is 16.6 Å². The molecule has 104 valence electrons. The zero-order valence-electron chi connectivity index (χ0n) is 10.7. The number of carbonyl (C=O) groups excluding carboxylic acids is 1. The average molecular weight is 403 g/mol. The van der Waals surface area contributed by atoms with Gasteiger partial charge >= 0.3 is 0 Å². The highest BCUT2D eigenvalue weighted by atomic mass is 127. The number of nitrogens with zero attached hydrogens (tertiary/aromatic N) is 1. The molecule has 1 aromatic carbocycles. The van der Waals surface area contributed by atoms with Crippen LogP contribution >= 0.6 is 34.2 Å². The van der Waals surface area contributed by atoms with Crippen molar-refractivity contribution < 1.29 is 9.53 Å². The lowest BCUT2D eigenvalue weighted by molar-refractivity contribution is -0.118. The first-order valence-electron chi connectivity index (χ1n) is 5.85. The van der Waals surface area contributed by atoms with Crippen molar-refractivity contribution in [3.63, 3.8) is 0 Å². The van der Waals surface area contributed by atoms with Crippen LogP contribution in [-0.4, -0.2) is 17.5 Å². The quantitative estimate of drug-likeness (QED) is 0.794. The SMILES string of the molecule is Cc1cc(I)cnc1NC(=O)COc1ccccc1Cl. The number of halogens is 2. The van der Waals surface area contributed by atoms with E-state index in [0.717, 1.165) is 9.13 Å². The van der Waals surface area contributed by atoms with E-state index in [9.17, 15) is 4.79 Å². The van der Waals surface area contributed by atoms with Crippen LogP contribution in [0.1, 0.15) is 5.56 Å². The molecule has 0 fully saturated rings. The number of amides is 1. The Morgan fingerprint density at radius 1 is 1.45 bits per heavy atom. The van der Waals surface area contributed by atoms with Gasteiger partial charge in [0.2, 0.25) is 0 Å². The normalized spacial score (nSPS) is 10.2. The molecule has 0 atom stereocenters. The summed E-state index contributed by atoms with van der Waals surface area (Å²) in [4.78, 5) is 16.0. The van der Waals surface area contributed by atoms with Crippen molar-refractivity contribution in [3.8, 4) is 5.75 Å². The maximum Gasteiger partial charge on any atom is 0.263 e. The highest BCUT2D eigenvalue weighted by Gasteiger charge is 2.08. The lowest BCUT2D eigenvalue weighted by Crippen LogP contribution is -2.21. The first-order valence-corrected chi connectivity index (χ1v) is 7.31. The maximum absolute atomic E-state index is 11.8. The molecule has 0 saturated carbocycles. The molecule has 2 rings (SSSR count). The molecule has 0 aliphatic rings. The van der Waals surface area contributed by atoms with Crippen LogP contribution in [-0.2, 0) is 4.79 Å². The maximum atomic E-state index is 11.8. The van der Waals surface area contributed by atoms with Crippen molar-refractivity contribution in [2.24, 2.45) is 0 Å². The van der Waals surface area contributed by atoms with Gasteiger partial charge in [0.1, 0.15) is 11.6 Å². The summed E-state index contributed by atoms with van der Waals surface area (Å²) in [5.74, 6) is 0.747. The summed E-state index contributed by atoms with van der Waals surface area (Å²) in [5, 5.41) is 3.18. The van der Waals surface area contributed by atoms with Crippen LogP contribution in [0.2, 0.25) is 5.02 Å². The van der Waals surface area contributed by atoms with Gasteiger partial charge in [-0.05, 0) is 53.3 Å². The molecule has 1 N–H and O–H groups in total. The molecule has 0 spiro atoms. The van der Waals surface area contributed by atoms with Crippen LogP contribution in [0.15, 0.2) is 36.5 Å². The molecule has 0 unspecified atom stereocenters. The van der Waals surface area contributed by atoms with E-state index >= 15 is 0 Å². The molecule has 1 aromatic heterocycles. The lowest BCUT2D eigenvalue weighted by atomic mass is 10.3. The van der Waals surface area contributed by atoms with Crippen LogP contribution in [0.3, 0.4) is 0 Å². The Morgan fingerprint density at radius 2 is 2.20 bits per heavy atom. The number of ether oxygens (including phenoxy) is 1. The first kappa shape index (κ1) is 15.1. The highest BCUT2D eigenvalue weighted by Crippen LogP contribution is 2.23. The Bertz CT molecular complexity index is 634. The number of hydrogen-bond donors (Lipinski definition) is 1. The smallest absolute Gasteiger partial charge is 0.263 e. The minimum Gasteiger partial charge on any atom is -0.482 e. The second kappa shape index (κ2) is 6.90. The number of benzene rings is 1. The Hall–Kier alpha value is -1.34. The van der Waals surface area contributed by atoms with Gasteiger partial charge in [0.15, 0.2) is 6.61 Å². The fourth-order valence-electron chi connectivity index (χ4n) is 1.54. The predicted octanol–water partition coefficient (Wildman–Crippen LogP) is 3.67. The van der Waals surface area contributed by atoms with E-state index in [1.165, 1.54) is 0 Å². The fraction of sp³-hybridized carbons (Fsp3) is 0.143. The molecule has 0 bridgehead atoms. The van der Waals surface area contributed by atoms with Crippen LogP contribution < -0.4 is 10.1 Å². The van der Waals surface area contributed by atoms with Crippen LogP contribution in [0.4, 0.5) is 5.82 Å². The van der Waals surface area contributed by atoms with Gasteiger partial charge < -0.3 is 10.1 Å². The van der Waals surface area contributed by atoms with Gasteiger partial charge in [-0.3, -0.25) is 4.79 Å². The summed E-state index contributed by atoms with van der Waals surface area (Å²) in [6, 6.07) is 8.96. The number of hydrogen-bond acceptors (Lipinski definition) is 3. The fourth-order valence-corrected chi connectivity index (χ4v) is 2.34. The molecule has 1 amide bonds. The molecular formula is C14H12ClIN2O2. The van der Waals surface area contributed by atoms with Crippen LogP contribution in [0.5, 0.6) is 5.75 Å². The van der Waals surface area contributed by atoms with Crippen LogP contribution in [0.25, 0.3) is 0 Å². The third-order valence-electron chi connectivity index (χ3n) is 2.50. The van der Waals surface area contributed by atoms with Crippen molar-refractivity contribution in [3.05, 3.63) is 50.7 Å². The number of aromatic nitrogens is 1. The van der Waals surface area contributed by atoms with E-state index in [4.69, 9.17) is 16.3 Å². The number of para-hydroxylation sites is 1. The largest absolute Gasteiger partial charge is 0.482 e. The number of nitrogens with one attached hydrogen (secondary N) is 1. The van der Waals surface area contributed by atoms with Gasteiger partial charge in [-0.1, -0.05) is 23.7 Å². The van der Waals surface area contributed by atoms with E-state index in [1.807, 2.05) is 13.0 Å². The number of aryl methyl sites for hydroxylation is 1. The summed E-state index contributed by atoms with van der Waals surface area (Å²) in [6.45, 7) is 1.77. The molecule has 0 saturated heterocycles. The second-order valence-corrected chi connectivity index (χ2v) is 5.74. The number of carbonyl (C=O) groups is 1. The van der Waals surface area contributed by atoms with E-state index in [1.54, 1.807) is 30.5 Å². The van der Waals surface area contributed by atoms with Gasteiger partial charge in [0, 0.05) is 9.77 Å². The molecule has 2 aromatic rings. The third-order valence-corrected chi connectivity index (χ3v) is 3.40. The summed E-state index contributed by atoms with van der Waals surface area (Å²) < 4.78 is 6.38. The van der Waals surface area contributed by atoms with Crippen LogP contribution in [0, 0.1) is 10.5 Å². The summed E-state index contributed by atoms with van der Waals surface area (Å²) in [7, 11) is 0. The van der Waals surface area contributed by atoms with Crippen molar-refractivity contribution >= 4 is 45.9 Å². The minimum absolute atomic E-state index is 0.114. The summed E-state index contributed by atoms with van der Waals surface area (Å²) in [6.07, 6.45) is 1.69. The van der Waals surface area contributed by atoms with Gasteiger partial charge in [-0.15, -0.1) is 0 Å². The van der Waals surface area contributed by atoms with Gasteiger partial charge in [0.05, 0.1) is 5.02 Å². The Labute approximate surface area is 135 Å². The van der Waals surface area contributed by atoms with Gasteiger partial charge in [-0.25, -0.2) is 4.98 Å². The van der Waals surface area contributed by atoms with Crippen molar-refractivity contribution in [1.29, 1.82) is 0 Å². The lowest BCUT2D eigenvalue weighted by Gasteiger charge is -2.09. The Kier molecular flexibility index (Phi) is 5.19. The standard InChI is InChI=1S/C14H12ClIN2O2/c1-9-6-10(16)7-17-14(9)18-13(19)8-20-12-5-3-2-4-11(12)15/h2-7H,8H2,1H3,(H,17,18,19).